The Morgan fingerprint density at radius 2 is 2.28 bits per heavy atom. The highest BCUT2D eigenvalue weighted by Gasteiger charge is 2.19. The van der Waals surface area contributed by atoms with Gasteiger partial charge in [0.05, 0.1) is 24.8 Å². The van der Waals surface area contributed by atoms with Gasteiger partial charge in [-0.3, -0.25) is 18.7 Å². The van der Waals surface area contributed by atoms with Gasteiger partial charge in [-0.15, -0.1) is 11.3 Å². The Morgan fingerprint density at radius 3 is 3.00 bits per heavy atom. The first-order valence-electron chi connectivity index (χ1n) is 8.20. The predicted molar refractivity (Wildman–Crippen MR) is 94.2 cm³/mol. The van der Waals surface area contributed by atoms with E-state index >= 15 is 0 Å². The molecule has 3 heterocycles. The van der Waals surface area contributed by atoms with Crippen molar-refractivity contribution in [3.05, 3.63) is 32.3 Å². The van der Waals surface area contributed by atoms with Gasteiger partial charge < -0.3 is 14.8 Å². The van der Waals surface area contributed by atoms with Gasteiger partial charge in [-0.25, -0.2) is 4.79 Å². The lowest BCUT2D eigenvalue weighted by Gasteiger charge is -2.14. The van der Waals surface area contributed by atoms with Crippen LogP contribution in [-0.4, -0.2) is 48.0 Å². The first-order chi connectivity index (χ1) is 12.1. The largest absolute Gasteiger partial charge is 0.383 e. The van der Waals surface area contributed by atoms with E-state index in [1.807, 2.05) is 0 Å². The van der Waals surface area contributed by atoms with Crippen LogP contribution in [0.2, 0.25) is 0 Å². The van der Waals surface area contributed by atoms with Gasteiger partial charge >= 0.3 is 5.69 Å². The van der Waals surface area contributed by atoms with E-state index in [1.165, 1.54) is 23.0 Å². The average molecular weight is 367 g/mol. The molecular formula is C16H21N3O5S. The summed E-state index contributed by atoms with van der Waals surface area (Å²) in [6.45, 7) is 1.42. The van der Waals surface area contributed by atoms with Crippen LogP contribution in [0.15, 0.2) is 21.0 Å². The maximum Gasteiger partial charge on any atom is 0.332 e. The van der Waals surface area contributed by atoms with Crippen LogP contribution >= 0.6 is 11.3 Å². The number of nitrogens with zero attached hydrogens (tertiary/aromatic N) is 2. The summed E-state index contributed by atoms with van der Waals surface area (Å²) in [5.74, 6) is -0.276. The van der Waals surface area contributed by atoms with Crippen LogP contribution < -0.4 is 16.6 Å². The van der Waals surface area contributed by atoms with Gasteiger partial charge in [0.1, 0.15) is 11.2 Å². The molecule has 1 aliphatic rings. The SMILES string of the molecule is COCCn1c(=O)c2sccc2n(CC(=O)NCC2CCCO2)c1=O. The number of carbonyl (C=O) groups is 1. The van der Waals surface area contributed by atoms with Crippen molar-refractivity contribution in [2.24, 2.45) is 0 Å². The molecule has 0 bridgehead atoms. The van der Waals surface area contributed by atoms with Gasteiger partial charge in [0.25, 0.3) is 5.56 Å². The van der Waals surface area contributed by atoms with E-state index < -0.39 is 5.69 Å². The summed E-state index contributed by atoms with van der Waals surface area (Å²) in [4.78, 5) is 37.4. The Bertz CT molecular complexity index is 863. The van der Waals surface area contributed by atoms with Crippen molar-refractivity contribution in [3.8, 4) is 0 Å². The number of fused-ring (bicyclic) bond motifs is 1. The van der Waals surface area contributed by atoms with Crippen LogP contribution in [-0.2, 0) is 27.4 Å². The zero-order chi connectivity index (χ0) is 17.8. The smallest absolute Gasteiger partial charge is 0.332 e. The third kappa shape index (κ3) is 3.83. The molecule has 1 aliphatic heterocycles. The fourth-order valence-corrected chi connectivity index (χ4v) is 3.74. The third-order valence-electron chi connectivity index (χ3n) is 4.21. The molecule has 1 saturated heterocycles. The first kappa shape index (κ1) is 17.8. The number of hydrogen-bond donors (Lipinski definition) is 1. The number of aromatic nitrogens is 2. The highest BCUT2D eigenvalue weighted by atomic mass is 32.1. The van der Waals surface area contributed by atoms with Gasteiger partial charge in [-0.1, -0.05) is 0 Å². The minimum Gasteiger partial charge on any atom is -0.383 e. The van der Waals surface area contributed by atoms with Crippen molar-refractivity contribution >= 4 is 27.5 Å². The zero-order valence-electron chi connectivity index (χ0n) is 14.0. The van der Waals surface area contributed by atoms with Crippen LogP contribution in [0.4, 0.5) is 0 Å². The topological polar surface area (TPSA) is 91.6 Å². The Balaban J connectivity index is 1.84. The van der Waals surface area contributed by atoms with Crippen molar-refractivity contribution in [1.82, 2.24) is 14.5 Å². The summed E-state index contributed by atoms with van der Waals surface area (Å²) < 4.78 is 13.4. The summed E-state index contributed by atoms with van der Waals surface area (Å²) in [7, 11) is 1.51. The molecule has 2 aromatic rings. The average Bonchev–Trinajstić information content (AvgIpc) is 3.28. The van der Waals surface area contributed by atoms with Crippen LogP contribution in [0.3, 0.4) is 0 Å². The van der Waals surface area contributed by atoms with E-state index in [4.69, 9.17) is 9.47 Å². The third-order valence-corrected chi connectivity index (χ3v) is 5.10. The van der Waals surface area contributed by atoms with Crippen LogP contribution in [0, 0.1) is 0 Å². The zero-order valence-corrected chi connectivity index (χ0v) is 14.8. The highest BCUT2D eigenvalue weighted by Crippen LogP contribution is 2.15. The highest BCUT2D eigenvalue weighted by molar-refractivity contribution is 7.17. The van der Waals surface area contributed by atoms with Crippen molar-refractivity contribution in [2.45, 2.75) is 32.0 Å². The van der Waals surface area contributed by atoms with Gasteiger partial charge in [-0.05, 0) is 24.3 Å². The molecule has 136 valence electrons. The summed E-state index contributed by atoms with van der Waals surface area (Å²) in [5.41, 5.74) is -0.357. The maximum atomic E-state index is 12.7. The summed E-state index contributed by atoms with van der Waals surface area (Å²) in [5, 5.41) is 4.55. The van der Waals surface area contributed by atoms with Crippen molar-refractivity contribution < 1.29 is 14.3 Å². The summed E-state index contributed by atoms with van der Waals surface area (Å²) in [6.07, 6.45) is 1.97. The van der Waals surface area contributed by atoms with Crippen molar-refractivity contribution in [2.75, 3.05) is 26.9 Å². The predicted octanol–water partition coefficient (Wildman–Crippen LogP) is 0.166. The number of ether oxygens (including phenoxy) is 2. The van der Waals surface area contributed by atoms with Crippen molar-refractivity contribution in [3.63, 3.8) is 0 Å². The molecule has 0 saturated carbocycles. The minimum atomic E-state index is -0.500. The number of thiophene rings is 1. The normalized spacial score (nSPS) is 17.2. The Hall–Kier alpha value is -1.97. The lowest BCUT2D eigenvalue weighted by atomic mass is 10.2. The van der Waals surface area contributed by atoms with E-state index in [1.54, 1.807) is 11.4 Å². The maximum absolute atomic E-state index is 12.7. The van der Waals surface area contributed by atoms with Gasteiger partial charge in [0, 0.05) is 20.3 Å². The first-order valence-corrected chi connectivity index (χ1v) is 9.08. The Morgan fingerprint density at radius 1 is 1.44 bits per heavy atom. The van der Waals surface area contributed by atoms with Crippen LogP contribution in [0.5, 0.6) is 0 Å². The molecule has 1 atom stereocenters. The molecule has 3 rings (SSSR count). The van der Waals surface area contributed by atoms with Gasteiger partial charge in [-0.2, -0.15) is 0 Å². The monoisotopic (exact) mass is 367 g/mol. The lowest BCUT2D eigenvalue weighted by Crippen LogP contribution is -2.43. The second-order valence-corrected chi connectivity index (χ2v) is 6.81. The molecule has 0 aromatic carbocycles. The minimum absolute atomic E-state index is 0.0393. The molecule has 0 spiro atoms. The van der Waals surface area contributed by atoms with E-state index in [0.717, 1.165) is 24.0 Å². The second-order valence-electron chi connectivity index (χ2n) is 5.89. The second kappa shape index (κ2) is 7.94. The number of methoxy groups -OCH3 is 1. The number of nitrogens with one attached hydrogen (secondary N) is 1. The molecule has 1 fully saturated rings. The fourth-order valence-electron chi connectivity index (χ4n) is 2.90. The lowest BCUT2D eigenvalue weighted by molar-refractivity contribution is -0.122. The number of hydrogen-bond acceptors (Lipinski definition) is 6. The molecular weight excluding hydrogens is 346 g/mol. The van der Waals surface area contributed by atoms with Gasteiger partial charge in [0.15, 0.2) is 0 Å². The molecule has 0 radical (unpaired) electrons. The van der Waals surface area contributed by atoms with Crippen molar-refractivity contribution in [1.29, 1.82) is 0 Å². The van der Waals surface area contributed by atoms with E-state index in [9.17, 15) is 14.4 Å². The van der Waals surface area contributed by atoms with Gasteiger partial charge in [0.2, 0.25) is 5.91 Å². The molecule has 1 N–H and O–H groups in total. The summed E-state index contributed by atoms with van der Waals surface area (Å²) >= 11 is 1.26. The molecule has 8 nitrogen and oxygen atoms in total. The van der Waals surface area contributed by atoms with Crippen LogP contribution in [0.25, 0.3) is 10.2 Å². The summed E-state index contributed by atoms with van der Waals surface area (Å²) in [6, 6.07) is 1.69. The van der Waals surface area contributed by atoms with E-state index in [-0.39, 0.29) is 37.3 Å². The van der Waals surface area contributed by atoms with E-state index in [0.29, 0.717) is 16.8 Å². The van der Waals surface area contributed by atoms with E-state index in [2.05, 4.69) is 5.32 Å². The number of amides is 1. The quantitative estimate of drug-likeness (QED) is 0.753. The standard InChI is InChI=1S/C16H21N3O5S/c1-23-7-5-18-15(21)14-12(4-8-25-14)19(16(18)22)10-13(20)17-9-11-3-2-6-24-11/h4,8,11H,2-3,5-7,9-10H2,1H3,(H,17,20). The molecule has 1 unspecified atom stereocenters. The number of carbonyl (C=O) groups excluding carboxylic acids is 1. The fraction of sp³-hybridized carbons (Fsp3) is 0.562. The number of rotatable bonds is 7. The molecule has 1 amide bonds. The molecule has 9 heteroatoms. The Labute approximate surface area is 148 Å². The molecule has 2 aromatic heterocycles. The Kier molecular flexibility index (Phi) is 5.67. The van der Waals surface area contributed by atoms with Crippen LogP contribution in [0.1, 0.15) is 12.8 Å². The molecule has 0 aliphatic carbocycles. The molecule has 25 heavy (non-hydrogen) atoms.